The zero-order valence-electron chi connectivity index (χ0n) is 10.4. The van der Waals surface area contributed by atoms with Gasteiger partial charge in [-0.05, 0) is 26.2 Å². The van der Waals surface area contributed by atoms with Gasteiger partial charge in [-0.3, -0.25) is 9.59 Å². The van der Waals surface area contributed by atoms with Crippen molar-refractivity contribution in [3.8, 4) is 0 Å². The number of rotatable bonds is 6. The summed E-state index contributed by atoms with van der Waals surface area (Å²) >= 11 is 0. The number of hydrogen-bond donors (Lipinski definition) is 2. The van der Waals surface area contributed by atoms with Crippen LogP contribution in [0.15, 0.2) is 0 Å². The first-order valence-electron chi connectivity index (χ1n) is 6.50. The van der Waals surface area contributed by atoms with Crippen LogP contribution in [-0.2, 0) is 9.59 Å². The second kappa shape index (κ2) is 5.49. The zero-order valence-corrected chi connectivity index (χ0v) is 10.4. The Balaban J connectivity index is 1.63. The molecule has 1 unspecified atom stereocenters. The molecular weight excluding hydrogens is 218 g/mol. The Kier molecular flexibility index (Phi) is 3.99. The molecule has 2 amide bonds. The Morgan fingerprint density at radius 1 is 1.47 bits per heavy atom. The van der Waals surface area contributed by atoms with Crippen LogP contribution in [0.25, 0.3) is 0 Å². The van der Waals surface area contributed by atoms with Gasteiger partial charge in [0, 0.05) is 31.6 Å². The first kappa shape index (κ1) is 12.4. The van der Waals surface area contributed by atoms with Crippen molar-refractivity contribution in [2.45, 2.75) is 44.7 Å². The van der Waals surface area contributed by atoms with Crippen LogP contribution in [0.5, 0.6) is 0 Å². The van der Waals surface area contributed by atoms with E-state index in [1.54, 1.807) is 0 Å². The number of carbonyl (C=O) groups is 2. The van der Waals surface area contributed by atoms with Crippen molar-refractivity contribution < 1.29 is 9.59 Å². The summed E-state index contributed by atoms with van der Waals surface area (Å²) in [5.74, 6) is 0.301. The average Bonchev–Trinajstić information content (AvgIpc) is 3.04. The number of nitrogens with one attached hydrogen (secondary N) is 2. The molecule has 2 aliphatic rings. The second-order valence-electron chi connectivity index (χ2n) is 4.84. The van der Waals surface area contributed by atoms with Crippen molar-refractivity contribution in [2.24, 2.45) is 0 Å². The molecule has 0 aromatic rings. The summed E-state index contributed by atoms with van der Waals surface area (Å²) in [6, 6.07) is 0.687. The molecule has 2 rings (SSSR count). The Labute approximate surface area is 102 Å². The van der Waals surface area contributed by atoms with Gasteiger partial charge in [0.25, 0.3) is 0 Å². The van der Waals surface area contributed by atoms with Gasteiger partial charge in [-0.1, -0.05) is 0 Å². The highest BCUT2D eigenvalue weighted by Crippen LogP contribution is 2.26. The molecule has 5 nitrogen and oxygen atoms in total. The summed E-state index contributed by atoms with van der Waals surface area (Å²) < 4.78 is 0. The van der Waals surface area contributed by atoms with E-state index < -0.39 is 0 Å². The standard InChI is InChI=1S/C12H21N3O2/c1-2-15(10-4-5-10)12(17)8-13-7-9-3-6-11(16)14-9/h9-10,13H,2-8H2,1H3,(H,14,16). The predicted octanol–water partition coefficient (Wildman–Crippen LogP) is -0.134. The third kappa shape index (κ3) is 3.43. The quantitative estimate of drug-likeness (QED) is 0.678. The van der Waals surface area contributed by atoms with E-state index in [0.717, 1.165) is 25.8 Å². The first-order chi connectivity index (χ1) is 8.20. The minimum Gasteiger partial charge on any atom is -0.352 e. The predicted molar refractivity (Wildman–Crippen MR) is 64.4 cm³/mol. The highest BCUT2D eigenvalue weighted by Gasteiger charge is 2.31. The molecule has 1 aliphatic heterocycles. The summed E-state index contributed by atoms with van der Waals surface area (Å²) in [7, 11) is 0. The number of nitrogens with zero attached hydrogens (tertiary/aromatic N) is 1. The highest BCUT2D eigenvalue weighted by atomic mass is 16.2. The van der Waals surface area contributed by atoms with Gasteiger partial charge in [-0.2, -0.15) is 0 Å². The van der Waals surface area contributed by atoms with Crippen LogP contribution in [0.4, 0.5) is 0 Å². The van der Waals surface area contributed by atoms with Crippen LogP contribution in [0.3, 0.4) is 0 Å². The molecule has 1 saturated carbocycles. The van der Waals surface area contributed by atoms with Crippen molar-refractivity contribution in [3.05, 3.63) is 0 Å². The molecule has 2 N–H and O–H groups in total. The van der Waals surface area contributed by atoms with Crippen LogP contribution >= 0.6 is 0 Å². The fraction of sp³-hybridized carbons (Fsp3) is 0.833. The van der Waals surface area contributed by atoms with Crippen molar-refractivity contribution in [1.29, 1.82) is 0 Å². The van der Waals surface area contributed by atoms with Crippen molar-refractivity contribution in [2.75, 3.05) is 19.6 Å². The maximum absolute atomic E-state index is 11.9. The van der Waals surface area contributed by atoms with Gasteiger partial charge in [-0.25, -0.2) is 0 Å². The van der Waals surface area contributed by atoms with E-state index in [1.165, 1.54) is 0 Å². The molecule has 1 saturated heterocycles. The smallest absolute Gasteiger partial charge is 0.236 e. The van der Waals surface area contributed by atoms with E-state index in [4.69, 9.17) is 0 Å². The van der Waals surface area contributed by atoms with Gasteiger partial charge in [0.2, 0.25) is 11.8 Å². The fourth-order valence-electron chi connectivity index (χ4n) is 2.31. The number of likely N-dealkylation sites (N-methyl/N-ethyl adjacent to an activating group) is 1. The summed E-state index contributed by atoms with van der Waals surface area (Å²) in [5, 5.41) is 6.02. The maximum Gasteiger partial charge on any atom is 0.236 e. The number of hydrogen-bond acceptors (Lipinski definition) is 3. The molecule has 5 heteroatoms. The molecule has 0 spiro atoms. The lowest BCUT2D eigenvalue weighted by Gasteiger charge is -2.21. The van der Waals surface area contributed by atoms with E-state index in [-0.39, 0.29) is 17.9 Å². The SMILES string of the molecule is CCN(C(=O)CNCC1CCC(=O)N1)C1CC1. The molecule has 0 radical (unpaired) electrons. The average molecular weight is 239 g/mol. The maximum atomic E-state index is 11.9. The Morgan fingerprint density at radius 3 is 2.76 bits per heavy atom. The minimum atomic E-state index is 0.122. The van der Waals surface area contributed by atoms with Crippen LogP contribution in [-0.4, -0.2) is 48.4 Å². The Morgan fingerprint density at radius 2 is 2.24 bits per heavy atom. The lowest BCUT2D eigenvalue weighted by molar-refractivity contribution is -0.130. The lowest BCUT2D eigenvalue weighted by Crippen LogP contribution is -2.43. The zero-order chi connectivity index (χ0) is 12.3. The van der Waals surface area contributed by atoms with E-state index >= 15 is 0 Å². The third-order valence-electron chi connectivity index (χ3n) is 3.40. The summed E-state index contributed by atoms with van der Waals surface area (Å²) in [6.07, 6.45) is 3.79. The Hall–Kier alpha value is -1.10. The van der Waals surface area contributed by atoms with Gasteiger partial charge < -0.3 is 15.5 Å². The van der Waals surface area contributed by atoms with Crippen LogP contribution in [0.2, 0.25) is 0 Å². The monoisotopic (exact) mass is 239 g/mol. The molecule has 1 atom stereocenters. The lowest BCUT2D eigenvalue weighted by atomic mass is 10.2. The molecule has 2 fully saturated rings. The fourth-order valence-corrected chi connectivity index (χ4v) is 2.31. The van der Waals surface area contributed by atoms with Crippen LogP contribution in [0.1, 0.15) is 32.6 Å². The van der Waals surface area contributed by atoms with Crippen molar-refractivity contribution in [1.82, 2.24) is 15.5 Å². The van der Waals surface area contributed by atoms with Crippen LogP contribution < -0.4 is 10.6 Å². The molecule has 1 aliphatic carbocycles. The molecule has 0 aromatic heterocycles. The largest absolute Gasteiger partial charge is 0.352 e. The topological polar surface area (TPSA) is 61.4 Å². The molecule has 0 bridgehead atoms. The number of carbonyl (C=O) groups excluding carboxylic acids is 2. The van der Waals surface area contributed by atoms with Crippen LogP contribution in [0, 0.1) is 0 Å². The summed E-state index contributed by atoms with van der Waals surface area (Å²) in [6.45, 7) is 3.90. The Bertz CT molecular complexity index is 302. The highest BCUT2D eigenvalue weighted by molar-refractivity contribution is 5.79. The van der Waals surface area contributed by atoms with E-state index in [0.29, 0.717) is 25.6 Å². The normalized spacial score (nSPS) is 23.6. The molecule has 96 valence electrons. The first-order valence-corrected chi connectivity index (χ1v) is 6.50. The van der Waals surface area contributed by atoms with Gasteiger partial charge >= 0.3 is 0 Å². The molecular formula is C12H21N3O2. The van der Waals surface area contributed by atoms with Gasteiger partial charge in [0.15, 0.2) is 0 Å². The molecule has 1 heterocycles. The van der Waals surface area contributed by atoms with Gasteiger partial charge in [-0.15, -0.1) is 0 Å². The van der Waals surface area contributed by atoms with E-state index in [9.17, 15) is 9.59 Å². The summed E-state index contributed by atoms with van der Waals surface area (Å²) in [4.78, 5) is 24.8. The molecule has 0 aromatic carbocycles. The molecule has 17 heavy (non-hydrogen) atoms. The summed E-state index contributed by atoms with van der Waals surface area (Å²) in [5.41, 5.74) is 0. The van der Waals surface area contributed by atoms with Crippen molar-refractivity contribution >= 4 is 11.8 Å². The van der Waals surface area contributed by atoms with Crippen molar-refractivity contribution in [3.63, 3.8) is 0 Å². The van der Waals surface area contributed by atoms with Gasteiger partial charge in [0.05, 0.1) is 6.54 Å². The minimum absolute atomic E-state index is 0.122. The van der Waals surface area contributed by atoms with E-state index in [2.05, 4.69) is 10.6 Å². The second-order valence-corrected chi connectivity index (χ2v) is 4.84. The van der Waals surface area contributed by atoms with Gasteiger partial charge in [0.1, 0.15) is 0 Å². The van der Waals surface area contributed by atoms with E-state index in [1.807, 2.05) is 11.8 Å². The number of amides is 2. The third-order valence-corrected chi connectivity index (χ3v) is 3.40.